The Morgan fingerprint density at radius 1 is 1.36 bits per heavy atom. The van der Waals surface area contributed by atoms with E-state index in [-0.39, 0.29) is 12.4 Å². The van der Waals surface area contributed by atoms with E-state index >= 15 is 0 Å². The summed E-state index contributed by atoms with van der Waals surface area (Å²) in [5.74, 6) is -0.794. The zero-order valence-electron chi connectivity index (χ0n) is 8.83. The number of rotatable bonds is 6. The summed E-state index contributed by atoms with van der Waals surface area (Å²) in [5, 5.41) is 0. The standard InChI is InChI=1S/C10H16O4/c1-5-13-6-9(14-8(4)11)10(12)7(2)3/h9H,2,5-6H2,1,3-4H3. The van der Waals surface area contributed by atoms with Crippen LogP contribution in [0.25, 0.3) is 0 Å². The van der Waals surface area contributed by atoms with Crippen molar-refractivity contribution in [2.75, 3.05) is 13.2 Å². The number of Topliss-reactive ketones (excluding diaryl/α,β-unsaturated/α-hetero) is 1. The van der Waals surface area contributed by atoms with Crippen molar-refractivity contribution >= 4 is 11.8 Å². The lowest BCUT2D eigenvalue weighted by molar-refractivity contribution is -0.155. The number of carbonyl (C=O) groups is 2. The van der Waals surface area contributed by atoms with Gasteiger partial charge in [0.15, 0.2) is 6.10 Å². The topological polar surface area (TPSA) is 52.6 Å². The summed E-state index contributed by atoms with van der Waals surface area (Å²) in [5.41, 5.74) is 0.357. The predicted octanol–water partition coefficient (Wildman–Crippen LogP) is 1.10. The van der Waals surface area contributed by atoms with Gasteiger partial charge >= 0.3 is 5.97 Å². The second-order valence-electron chi connectivity index (χ2n) is 2.90. The summed E-state index contributed by atoms with van der Waals surface area (Å²) < 4.78 is 9.83. The monoisotopic (exact) mass is 200 g/mol. The van der Waals surface area contributed by atoms with Crippen molar-refractivity contribution in [1.82, 2.24) is 0 Å². The van der Waals surface area contributed by atoms with E-state index < -0.39 is 12.1 Å². The molecule has 0 fully saturated rings. The van der Waals surface area contributed by atoms with Crippen LogP contribution in [0.1, 0.15) is 20.8 Å². The third-order valence-corrected chi connectivity index (χ3v) is 1.49. The lowest BCUT2D eigenvalue weighted by Gasteiger charge is -2.15. The van der Waals surface area contributed by atoms with Gasteiger partial charge in [-0.1, -0.05) is 6.58 Å². The van der Waals surface area contributed by atoms with E-state index in [0.717, 1.165) is 0 Å². The number of hydrogen-bond donors (Lipinski definition) is 0. The first-order valence-electron chi connectivity index (χ1n) is 4.43. The molecule has 0 radical (unpaired) electrons. The molecule has 0 saturated carbocycles. The predicted molar refractivity (Wildman–Crippen MR) is 51.9 cm³/mol. The average Bonchev–Trinajstić information content (AvgIpc) is 2.10. The SMILES string of the molecule is C=C(C)C(=O)C(COCC)OC(C)=O. The Morgan fingerprint density at radius 2 is 1.93 bits per heavy atom. The van der Waals surface area contributed by atoms with Gasteiger partial charge in [-0.25, -0.2) is 0 Å². The molecule has 0 heterocycles. The second-order valence-corrected chi connectivity index (χ2v) is 2.90. The van der Waals surface area contributed by atoms with E-state index in [1.165, 1.54) is 6.92 Å². The molecule has 0 aliphatic rings. The lowest BCUT2D eigenvalue weighted by atomic mass is 10.1. The second kappa shape index (κ2) is 6.32. The molecule has 0 aromatic heterocycles. The van der Waals surface area contributed by atoms with Crippen molar-refractivity contribution in [3.05, 3.63) is 12.2 Å². The van der Waals surface area contributed by atoms with Crippen molar-refractivity contribution in [2.45, 2.75) is 26.9 Å². The molecule has 4 nitrogen and oxygen atoms in total. The molecule has 0 aliphatic heterocycles. The molecule has 0 rings (SSSR count). The molecule has 1 atom stereocenters. The third kappa shape index (κ3) is 4.77. The quantitative estimate of drug-likeness (QED) is 0.476. The minimum absolute atomic E-state index is 0.0851. The summed E-state index contributed by atoms with van der Waals surface area (Å²) in [4.78, 5) is 22.1. The lowest BCUT2D eigenvalue weighted by Crippen LogP contribution is -2.31. The highest BCUT2D eigenvalue weighted by atomic mass is 16.6. The van der Waals surface area contributed by atoms with Gasteiger partial charge in [0, 0.05) is 13.5 Å². The first kappa shape index (κ1) is 12.8. The average molecular weight is 200 g/mol. The molecule has 0 aromatic carbocycles. The van der Waals surface area contributed by atoms with Crippen molar-refractivity contribution in [1.29, 1.82) is 0 Å². The Kier molecular flexibility index (Phi) is 5.79. The number of hydrogen-bond acceptors (Lipinski definition) is 4. The van der Waals surface area contributed by atoms with Crippen molar-refractivity contribution in [3.8, 4) is 0 Å². The molecular weight excluding hydrogens is 184 g/mol. The maximum atomic E-state index is 11.4. The first-order valence-corrected chi connectivity index (χ1v) is 4.43. The van der Waals surface area contributed by atoms with Gasteiger partial charge in [-0.2, -0.15) is 0 Å². The van der Waals surface area contributed by atoms with Crippen LogP contribution in [0.15, 0.2) is 12.2 Å². The van der Waals surface area contributed by atoms with Gasteiger partial charge in [-0.05, 0) is 19.4 Å². The van der Waals surface area contributed by atoms with Gasteiger partial charge < -0.3 is 9.47 Å². The number of ketones is 1. The number of carbonyl (C=O) groups excluding carboxylic acids is 2. The van der Waals surface area contributed by atoms with Crippen LogP contribution >= 0.6 is 0 Å². The summed E-state index contributed by atoms with van der Waals surface area (Å²) in [6.07, 6.45) is -0.857. The van der Waals surface area contributed by atoms with E-state index in [9.17, 15) is 9.59 Å². The van der Waals surface area contributed by atoms with Crippen LogP contribution in [0.2, 0.25) is 0 Å². The fraction of sp³-hybridized carbons (Fsp3) is 0.600. The summed E-state index contributed by atoms with van der Waals surface area (Å²) >= 11 is 0. The van der Waals surface area contributed by atoms with Crippen LogP contribution in [-0.4, -0.2) is 31.1 Å². The Morgan fingerprint density at radius 3 is 2.29 bits per heavy atom. The summed E-state index contributed by atoms with van der Waals surface area (Å²) in [6, 6.07) is 0. The zero-order valence-corrected chi connectivity index (χ0v) is 8.83. The maximum Gasteiger partial charge on any atom is 0.303 e. The van der Waals surface area contributed by atoms with Gasteiger partial charge in [0.05, 0.1) is 6.61 Å². The minimum Gasteiger partial charge on any atom is -0.452 e. The van der Waals surface area contributed by atoms with Gasteiger partial charge in [-0.3, -0.25) is 9.59 Å². The van der Waals surface area contributed by atoms with E-state index in [1.54, 1.807) is 13.8 Å². The zero-order chi connectivity index (χ0) is 11.1. The van der Waals surface area contributed by atoms with Crippen LogP contribution in [0.5, 0.6) is 0 Å². The minimum atomic E-state index is -0.857. The summed E-state index contributed by atoms with van der Waals surface area (Å²) in [7, 11) is 0. The molecular formula is C10H16O4. The van der Waals surface area contributed by atoms with E-state index in [4.69, 9.17) is 9.47 Å². The molecule has 80 valence electrons. The smallest absolute Gasteiger partial charge is 0.303 e. The van der Waals surface area contributed by atoms with Gasteiger partial charge in [0.25, 0.3) is 0 Å². The normalized spacial score (nSPS) is 11.9. The molecule has 0 saturated heterocycles. The first-order chi connectivity index (χ1) is 6.49. The largest absolute Gasteiger partial charge is 0.452 e. The molecule has 0 N–H and O–H groups in total. The van der Waals surface area contributed by atoms with Crippen LogP contribution in [0, 0.1) is 0 Å². The van der Waals surface area contributed by atoms with E-state index in [1.807, 2.05) is 0 Å². The fourth-order valence-electron chi connectivity index (χ4n) is 0.863. The van der Waals surface area contributed by atoms with Gasteiger partial charge in [0.2, 0.25) is 5.78 Å². The van der Waals surface area contributed by atoms with E-state index in [2.05, 4.69) is 6.58 Å². The molecule has 4 heteroatoms. The Balaban J connectivity index is 4.30. The van der Waals surface area contributed by atoms with Crippen LogP contribution in [-0.2, 0) is 19.1 Å². The molecule has 0 bridgehead atoms. The highest BCUT2D eigenvalue weighted by molar-refractivity contribution is 5.98. The Hall–Kier alpha value is -1.16. The van der Waals surface area contributed by atoms with Gasteiger partial charge in [-0.15, -0.1) is 0 Å². The number of ether oxygens (including phenoxy) is 2. The van der Waals surface area contributed by atoms with Crippen LogP contribution in [0.3, 0.4) is 0 Å². The molecule has 14 heavy (non-hydrogen) atoms. The number of esters is 1. The third-order valence-electron chi connectivity index (χ3n) is 1.49. The highest BCUT2D eigenvalue weighted by Crippen LogP contribution is 2.03. The van der Waals surface area contributed by atoms with Crippen molar-refractivity contribution in [2.24, 2.45) is 0 Å². The Labute approximate surface area is 83.9 Å². The van der Waals surface area contributed by atoms with E-state index in [0.29, 0.717) is 12.2 Å². The van der Waals surface area contributed by atoms with Crippen molar-refractivity contribution < 1.29 is 19.1 Å². The van der Waals surface area contributed by atoms with Crippen molar-refractivity contribution in [3.63, 3.8) is 0 Å². The molecule has 0 aromatic rings. The Bertz CT molecular complexity index is 232. The summed E-state index contributed by atoms with van der Waals surface area (Å²) in [6.45, 7) is 8.68. The fourth-order valence-corrected chi connectivity index (χ4v) is 0.863. The highest BCUT2D eigenvalue weighted by Gasteiger charge is 2.21. The maximum absolute atomic E-state index is 11.4. The molecule has 0 amide bonds. The molecule has 0 spiro atoms. The molecule has 1 unspecified atom stereocenters. The van der Waals surface area contributed by atoms with Crippen LogP contribution in [0.4, 0.5) is 0 Å². The molecule has 0 aliphatic carbocycles. The van der Waals surface area contributed by atoms with Crippen LogP contribution < -0.4 is 0 Å². The van der Waals surface area contributed by atoms with Gasteiger partial charge in [0.1, 0.15) is 0 Å².